The molecular formula is C81H75N5. The zero-order valence-electron chi connectivity index (χ0n) is 50.3. The van der Waals surface area contributed by atoms with Gasteiger partial charge in [0.2, 0.25) is 0 Å². The van der Waals surface area contributed by atoms with E-state index in [2.05, 4.69) is 333 Å². The molecule has 6 aliphatic rings. The molecule has 0 bridgehead atoms. The van der Waals surface area contributed by atoms with Gasteiger partial charge in [0.1, 0.15) is 12.3 Å². The standard InChI is InChI=1S/C59H44N4.C20H25N.C2H6/c1-38(53-20-6-8-22-55(53)61-58(60-61)51-18-10-16-44(36-51)47-27-24-39-12-2-4-14-42(39)33-47)41-26-29-49-35-50(31-30-46(49)32-41)57-54-21-7-9-23-56(54)62-59(63(57)62)52-19-11-17-45(37-52)48-28-25-40-13-3-5-15-43(40)34-48;1-5-19-16(2)10-9-13-20(19)17(3)14-15-21(4)18-11-7-6-8-12-18;1-2/h2-37,55-56,58-60H,1H3;6-11,13-15,18H,3,5,12H2,1-2,4H3;1-2H3/b53-38+;15-14+;. The first-order valence-corrected chi connectivity index (χ1v) is 30.8. The van der Waals surface area contributed by atoms with E-state index in [1.54, 1.807) is 0 Å². The molecule has 424 valence electrons. The third-order valence-electron chi connectivity index (χ3n) is 17.9. The predicted octanol–water partition coefficient (Wildman–Crippen LogP) is 19.6. The molecule has 5 heteroatoms. The summed E-state index contributed by atoms with van der Waals surface area (Å²) in [4.78, 5) is 2.24. The SMILES string of the molecule is C/C(=C1/C=CC=CC1N1NC1c1cccc(-c2ccc3ccccc3c2)c1)c1ccc2cc(C3=C4C=CC=CC4N4C(c5cccc(-c6ccc7ccccc7c6)c5)N34)ccc2c1.C=C(/C=C/N(C)C1C=CC=CC1)c1cccc(C)c1CC.CC. The highest BCUT2D eigenvalue weighted by molar-refractivity contribution is 5.92. The molecule has 3 aliphatic heterocycles. The van der Waals surface area contributed by atoms with E-state index < -0.39 is 0 Å². The van der Waals surface area contributed by atoms with Crippen molar-refractivity contribution >= 4 is 49.2 Å². The van der Waals surface area contributed by atoms with Crippen molar-refractivity contribution in [1.29, 1.82) is 0 Å². The summed E-state index contributed by atoms with van der Waals surface area (Å²) in [6.07, 6.45) is 33.3. The quantitative estimate of drug-likeness (QED) is 0.0974. The second-order valence-corrected chi connectivity index (χ2v) is 23.0. The number of likely N-dealkylation sites (N-methyl/N-ethyl adjacent to an activating group) is 1. The number of hydrazine groups is 2. The first-order chi connectivity index (χ1) is 42.3. The summed E-state index contributed by atoms with van der Waals surface area (Å²) in [5, 5.41) is 15.0. The maximum absolute atomic E-state index is 4.25. The van der Waals surface area contributed by atoms with Crippen molar-refractivity contribution in [2.45, 2.75) is 77.9 Å². The summed E-state index contributed by atoms with van der Waals surface area (Å²) in [6.45, 7) is 14.9. The number of nitrogens with zero attached hydrogens (tertiary/aromatic N) is 4. The second-order valence-electron chi connectivity index (χ2n) is 23.0. The van der Waals surface area contributed by atoms with Gasteiger partial charge in [0.25, 0.3) is 0 Å². The summed E-state index contributed by atoms with van der Waals surface area (Å²) in [5.41, 5.74) is 24.1. The van der Waals surface area contributed by atoms with Crippen LogP contribution < -0.4 is 5.43 Å². The number of rotatable bonds is 12. The zero-order chi connectivity index (χ0) is 58.8. The number of hydrogen-bond donors (Lipinski definition) is 1. The molecule has 0 spiro atoms. The number of hydrogen-bond acceptors (Lipinski definition) is 5. The molecule has 0 radical (unpaired) electrons. The number of nitrogens with one attached hydrogen (secondary N) is 1. The van der Waals surface area contributed by atoms with Gasteiger partial charge in [-0.25, -0.2) is 10.4 Å². The normalized spacial score (nSPS) is 21.7. The van der Waals surface area contributed by atoms with Crippen LogP contribution in [0, 0.1) is 6.92 Å². The fraction of sp³-hybridized carbons (Fsp3) is 0.160. The van der Waals surface area contributed by atoms with Gasteiger partial charge in [-0.15, -0.1) is 0 Å². The number of aryl methyl sites for hydroxylation is 1. The summed E-state index contributed by atoms with van der Waals surface area (Å²) in [7, 11) is 2.12. The predicted molar refractivity (Wildman–Crippen MR) is 365 cm³/mol. The summed E-state index contributed by atoms with van der Waals surface area (Å²) >= 11 is 0. The lowest BCUT2D eigenvalue weighted by molar-refractivity contribution is 0.385. The molecule has 0 aromatic heterocycles. The molecule has 5 nitrogen and oxygen atoms in total. The maximum Gasteiger partial charge on any atom is 0.141 e. The Morgan fingerprint density at radius 2 is 1.16 bits per heavy atom. The third-order valence-corrected chi connectivity index (χ3v) is 17.9. The fourth-order valence-electron chi connectivity index (χ4n) is 13.2. The van der Waals surface area contributed by atoms with Gasteiger partial charge in [-0.1, -0.05) is 252 Å². The van der Waals surface area contributed by atoms with E-state index in [1.165, 1.54) is 116 Å². The van der Waals surface area contributed by atoms with Crippen molar-refractivity contribution in [3.05, 3.63) is 330 Å². The van der Waals surface area contributed by atoms with E-state index in [0.29, 0.717) is 6.04 Å². The molecule has 3 aliphatic carbocycles. The Morgan fingerprint density at radius 3 is 1.87 bits per heavy atom. The van der Waals surface area contributed by atoms with Crippen molar-refractivity contribution in [3.8, 4) is 22.3 Å². The van der Waals surface area contributed by atoms with Crippen molar-refractivity contribution in [2.75, 3.05) is 7.05 Å². The van der Waals surface area contributed by atoms with E-state index in [9.17, 15) is 0 Å². The van der Waals surface area contributed by atoms with E-state index >= 15 is 0 Å². The van der Waals surface area contributed by atoms with Crippen LogP contribution in [0.5, 0.6) is 0 Å². The smallest absolute Gasteiger partial charge is 0.141 e. The summed E-state index contributed by atoms with van der Waals surface area (Å²) < 4.78 is 0. The van der Waals surface area contributed by atoms with Crippen LogP contribution in [-0.2, 0) is 6.42 Å². The molecule has 9 aromatic carbocycles. The van der Waals surface area contributed by atoms with Crippen molar-refractivity contribution in [2.24, 2.45) is 0 Å². The average Bonchev–Trinajstić information content (AvgIpc) is 1.56. The molecule has 7 unspecified atom stereocenters. The molecule has 9 aromatic rings. The Balaban J connectivity index is 0.000000253. The van der Waals surface area contributed by atoms with Gasteiger partial charge in [0.15, 0.2) is 0 Å². The van der Waals surface area contributed by atoms with E-state index in [0.717, 1.165) is 18.4 Å². The van der Waals surface area contributed by atoms with Gasteiger partial charge in [-0.2, -0.15) is 5.01 Å². The Labute approximate surface area is 508 Å². The van der Waals surface area contributed by atoms with Crippen LogP contribution in [0.15, 0.2) is 291 Å². The molecule has 15 rings (SSSR count). The largest absolute Gasteiger partial charge is 0.374 e. The number of benzene rings is 9. The minimum Gasteiger partial charge on any atom is -0.374 e. The van der Waals surface area contributed by atoms with Crippen LogP contribution in [0.4, 0.5) is 0 Å². The van der Waals surface area contributed by atoms with Crippen molar-refractivity contribution in [1.82, 2.24) is 25.4 Å². The Bertz CT molecular complexity index is 4380. The first kappa shape index (κ1) is 55.8. The molecule has 7 atom stereocenters. The molecule has 86 heavy (non-hydrogen) atoms. The summed E-state index contributed by atoms with van der Waals surface area (Å²) in [6, 6.07) is 70.1. The summed E-state index contributed by atoms with van der Waals surface area (Å²) in [5.74, 6) is 0. The van der Waals surface area contributed by atoms with E-state index in [-0.39, 0.29) is 24.4 Å². The van der Waals surface area contributed by atoms with Crippen LogP contribution in [0.1, 0.15) is 85.4 Å². The minimum absolute atomic E-state index is 0.125. The van der Waals surface area contributed by atoms with Gasteiger partial charge in [0.05, 0.1) is 23.8 Å². The van der Waals surface area contributed by atoms with Gasteiger partial charge >= 0.3 is 0 Å². The molecule has 1 N–H and O–H groups in total. The average molecular weight is 1120 g/mol. The lowest BCUT2D eigenvalue weighted by Crippen LogP contribution is -2.25. The molecule has 2 fully saturated rings. The van der Waals surface area contributed by atoms with Crippen LogP contribution in [0.25, 0.3) is 71.4 Å². The van der Waals surface area contributed by atoms with E-state index in [4.69, 9.17) is 0 Å². The van der Waals surface area contributed by atoms with E-state index in [1.807, 2.05) is 13.8 Å². The minimum atomic E-state index is 0.125. The number of allylic oxidation sites excluding steroid dienone is 9. The van der Waals surface area contributed by atoms with Crippen LogP contribution >= 0.6 is 0 Å². The maximum atomic E-state index is 4.25. The molecule has 0 amide bonds. The van der Waals surface area contributed by atoms with Crippen LogP contribution in [0.3, 0.4) is 0 Å². The van der Waals surface area contributed by atoms with Gasteiger partial charge in [-0.05, 0) is 180 Å². The van der Waals surface area contributed by atoms with Gasteiger partial charge < -0.3 is 4.90 Å². The fourth-order valence-corrected chi connectivity index (χ4v) is 13.2. The molecule has 0 saturated carbocycles. The molecule has 2 saturated heterocycles. The lowest BCUT2D eigenvalue weighted by Gasteiger charge is -2.24. The molecule has 3 heterocycles. The monoisotopic (exact) mass is 1120 g/mol. The number of fused-ring (bicyclic) bond motifs is 6. The molecular weight excluding hydrogens is 1040 g/mol. The van der Waals surface area contributed by atoms with Gasteiger partial charge in [0, 0.05) is 18.2 Å². The Kier molecular flexibility index (Phi) is 15.8. The zero-order valence-corrected chi connectivity index (χ0v) is 50.3. The second kappa shape index (κ2) is 24.3. The topological polar surface area (TPSA) is 34.2 Å². The van der Waals surface area contributed by atoms with Crippen molar-refractivity contribution in [3.63, 3.8) is 0 Å². The highest BCUT2D eigenvalue weighted by Crippen LogP contribution is 2.58. The third kappa shape index (κ3) is 11.0. The van der Waals surface area contributed by atoms with Crippen molar-refractivity contribution < 1.29 is 0 Å². The highest BCUT2D eigenvalue weighted by Gasteiger charge is 2.58. The lowest BCUT2D eigenvalue weighted by atomic mass is 9.91. The Hall–Kier alpha value is -9.36. The van der Waals surface area contributed by atoms with Gasteiger partial charge in [-0.3, -0.25) is 5.01 Å². The highest BCUT2D eigenvalue weighted by atomic mass is 15.9. The Morgan fingerprint density at radius 1 is 0.581 bits per heavy atom. The van der Waals surface area contributed by atoms with Crippen LogP contribution in [0.2, 0.25) is 0 Å². The van der Waals surface area contributed by atoms with Crippen LogP contribution in [-0.4, -0.2) is 45.1 Å². The first-order valence-electron chi connectivity index (χ1n) is 30.8.